The van der Waals surface area contributed by atoms with Crippen molar-refractivity contribution in [3.8, 4) is 0 Å². The van der Waals surface area contributed by atoms with Gasteiger partial charge in [-0.05, 0) is 43.0 Å². The molecule has 0 radical (unpaired) electrons. The number of amides is 1. The first-order valence-corrected chi connectivity index (χ1v) is 9.59. The molecule has 5 heteroatoms. The van der Waals surface area contributed by atoms with Crippen LogP contribution in [0.5, 0.6) is 0 Å². The molecule has 0 heterocycles. The zero-order valence-corrected chi connectivity index (χ0v) is 16.4. The first-order valence-electron chi connectivity index (χ1n) is 9.59. The van der Waals surface area contributed by atoms with Crippen molar-refractivity contribution in [2.24, 2.45) is 5.10 Å². The van der Waals surface area contributed by atoms with E-state index in [-0.39, 0.29) is 12.5 Å². The maximum Gasteiger partial charge on any atom is 0.259 e. The second kappa shape index (κ2) is 9.55. The number of carbonyl (C=O) groups excluding carboxylic acids is 1. The van der Waals surface area contributed by atoms with Crippen LogP contribution < -0.4 is 15.6 Å². The summed E-state index contributed by atoms with van der Waals surface area (Å²) < 4.78 is 0. The van der Waals surface area contributed by atoms with Gasteiger partial charge >= 0.3 is 0 Å². The van der Waals surface area contributed by atoms with E-state index >= 15 is 0 Å². The largest absolute Gasteiger partial charge is 0.376 e. The third kappa shape index (κ3) is 4.88. The molecule has 3 aromatic carbocycles. The molecule has 3 aromatic rings. The number of hydrogen-bond acceptors (Lipinski definition) is 4. The number of hydrazone groups is 1. The van der Waals surface area contributed by atoms with Gasteiger partial charge in [0, 0.05) is 29.9 Å². The van der Waals surface area contributed by atoms with Crippen LogP contribution in [0.3, 0.4) is 0 Å². The van der Waals surface area contributed by atoms with Crippen molar-refractivity contribution in [1.82, 2.24) is 5.43 Å². The summed E-state index contributed by atoms with van der Waals surface area (Å²) in [7, 11) is 0. The first kappa shape index (κ1) is 19.4. The molecule has 0 fully saturated rings. The van der Waals surface area contributed by atoms with Crippen LogP contribution in [0.25, 0.3) is 10.8 Å². The van der Waals surface area contributed by atoms with E-state index in [1.54, 1.807) is 6.21 Å². The van der Waals surface area contributed by atoms with Crippen LogP contribution in [0.2, 0.25) is 0 Å². The van der Waals surface area contributed by atoms with E-state index in [9.17, 15) is 4.79 Å². The van der Waals surface area contributed by atoms with Crippen molar-refractivity contribution in [2.75, 3.05) is 29.9 Å². The molecule has 0 saturated carbocycles. The Morgan fingerprint density at radius 1 is 0.964 bits per heavy atom. The van der Waals surface area contributed by atoms with Gasteiger partial charge in [-0.2, -0.15) is 5.10 Å². The third-order valence-corrected chi connectivity index (χ3v) is 4.65. The Hall–Kier alpha value is -3.34. The van der Waals surface area contributed by atoms with Crippen molar-refractivity contribution in [1.29, 1.82) is 0 Å². The molecule has 0 atom stereocenters. The predicted octanol–water partition coefficient (Wildman–Crippen LogP) is 4.25. The summed E-state index contributed by atoms with van der Waals surface area (Å²) in [5.74, 6) is -0.191. The molecule has 0 saturated heterocycles. The van der Waals surface area contributed by atoms with Gasteiger partial charge in [-0.1, -0.05) is 48.5 Å². The smallest absolute Gasteiger partial charge is 0.259 e. The molecule has 0 aliphatic heterocycles. The van der Waals surface area contributed by atoms with Crippen molar-refractivity contribution >= 4 is 34.3 Å². The van der Waals surface area contributed by atoms with Crippen LogP contribution in [0.15, 0.2) is 71.8 Å². The Morgan fingerprint density at radius 3 is 2.43 bits per heavy atom. The van der Waals surface area contributed by atoms with Gasteiger partial charge in [0.25, 0.3) is 5.91 Å². The molecule has 0 bridgehead atoms. The second-order valence-electron chi connectivity index (χ2n) is 6.44. The zero-order chi connectivity index (χ0) is 19.8. The summed E-state index contributed by atoms with van der Waals surface area (Å²) in [6.45, 7) is 6.39. The topological polar surface area (TPSA) is 56.7 Å². The van der Waals surface area contributed by atoms with E-state index in [0.29, 0.717) is 0 Å². The van der Waals surface area contributed by atoms with Gasteiger partial charge < -0.3 is 10.2 Å². The highest BCUT2D eigenvalue weighted by Gasteiger charge is 2.03. The van der Waals surface area contributed by atoms with Crippen LogP contribution >= 0.6 is 0 Å². The molecule has 144 valence electrons. The van der Waals surface area contributed by atoms with Gasteiger partial charge in [-0.3, -0.25) is 4.79 Å². The molecule has 5 nitrogen and oxygen atoms in total. The minimum Gasteiger partial charge on any atom is -0.376 e. The number of nitrogens with zero attached hydrogens (tertiary/aromatic N) is 2. The van der Waals surface area contributed by atoms with Gasteiger partial charge in [0.05, 0.1) is 12.8 Å². The van der Waals surface area contributed by atoms with Crippen LogP contribution in [-0.2, 0) is 4.79 Å². The summed E-state index contributed by atoms with van der Waals surface area (Å²) >= 11 is 0. The molecular formula is C23H26N4O. The molecular weight excluding hydrogens is 348 g/mol. The van der Waals surface area contributed by atoms with Crippen molar-refractivity contribution in [3.05, 3.63) is 72.3 Å². The lowest BCUT2D eigenvalue weighted by Gasteiger charge is -2.20. The number of nitrogens with one attached hydrogen (secondary N) is 2. The number of benzene rings is 3. The maximum atomic E-state index is 12.1. The van der Waals surface area contributed by atoms with Gasteiger partial charge in [0.2, 0.25) is 0 Å². The molecule has 28 heavy (non-hydrogen) atoms. The summed E-state index contributed by atoms with van der Waals surface area (Å²) in [4.78, 5) is 14.3. The highest BCUT2D eigenvalue weighted by molar-refractivity contribution is 5.95. The zero-order valence-electron chi connectivity index (χ0n) is 16.4. The Bertz CT molecular complexity index is 941. The molecule has 1 amide bonds. The van der Waals surface area contributed by atoms with E-state index in [0.717, 1.165) is 35.1 Å². The number of carbonyl (C=O) groups is 1. The van der Waals surface area contributed by atoms with Crippen molar-refractivity contribution in [3.63, 3.8) is 0 Å². The highest BCUT2D eigenvalue weighted by Crippen LogP contribution is 2.22. The standard InChI is InChI=1S/C23H26N4O/c1-3-27(4-2)20-14-12-18(13-15-20)16-25-26-23(28)17-24-22-11-7-9-19-8-5-6-10-21(19)22/h5-16,24H,3-4,17H2,1-2H3,(H,26,28)/b25-16+. The average Bonchev–Trinajstić information content (AvgIpc) is 2.74. The van der Waals surface area contributed by atoms with Gasteiger partial charge in [0.1, 0.15) is 0 Å². The van der Waals surface area contributed by atoms with E-state index in [1.807, 2.05) is 42.5 Å². The Morgan fingerprint density at radius 2 is 1.68 bits per heavy atom. The van der Waals surface area contributed by atoms with Gasteiger partial charge in [-0.15, -0.1) is 0 Å². The number of rotatable bonds is 8. The molecule has 2 N–H and O–H groups in total. The van der Waals surface area contributed by atoms with E-state index in [1.165, 1.54) is 5.69 Å². The highest BCUT2D eigenvalue weighted by atomic mass is 16.2. The second-order valence-corrected chi connectivity index (χ2v) is 6.44. The SMILES string of the molecule is CCN(CC)c1ccc(/C=N/NC(=O)CNc2cccc3ccccc23)cc1. The minimum absolute atomic E-state index is 0.159. The Labute approximate surface area is 166 Å². The van der Waals surface area contributed by atoms with Crippen molar-refractivity contribution < 1.29 is 4.79 Å². The van der Waals surface area contributed by atoms with Crippen molar-refractivity contribution in [2.45, 2.75) is 13.8 Å². The van der Waals surface area contributed by atoms with Crippen LogP contribution in [0, 0.1) is 0 Å². The summed E-state index contributed by atoms with van der Waals surface area (Å²) in [6.07, 6.45) is 1.65. The summed E-state index contributed by atoms with van der Waals surface area (Å²) in [6, 6.07) is 22.2. The lowest BCUT2D eigenvalue weighted by Crippen LogP contribution is -2.26. The summed E-state index contributed by atoms with van der Waals surface area (Å²) in [5.41, 5.74) is 5.63. The monoisotopic (exact) mass is 374 g/mol. The quantitative estimate of drug-likeness (QED) is 0.458. The van der Waals surface area contributed by atoms with Crippen LogP contribution in [0.4, 0.5) is 11.4 Å². The molecule has 0 unspecified atom stereocenters. The fourth-order valence-corrected chi connectivity index (χ4v) is 3.13. The number of fused-ring (bicyclic) bond motifs is 1. The summed E-state index contributed by atoms with van der Waals surface area (Å²) in [5, 5.41) is 9.46. The lowest BCUT2D eigenvalue weighted by molar-refractivity contribution is -0.119. The van der Waals surface area contributed by atoms with E-state index < -0.39 is 0 Å². The minimum atomic E-state index is -0.191. The van der Waals surface area contributed by atoms with Gasteiger partial charge in [-0.25, -0.2) is 5.43 Å². The Kier molecular flexibility index (Phi) is 6.63. The molecule has 0 aliphatic carbocycles. The molecule has 3 rings (SSSR count). The number of hydrogen-bond donors (Lipinski definition) is 2. The normalized spacial score (nSPS) is 10.9. The average molecular weight is 374 g/mol. The van der Waals surface area contributed by atoms with E-state index in [2.05, 4.69) is 58.9 Å². The molecule has 0 aliphatic rings. The Balaban J connectivity index is 1.52. The van der Waals surface area contributed by atoms with Crippen LogP contribution in [-0.4, -0.2) is 31.8 Å². The maximum absolute atomic E-state index is 12.1. The van der Waals surface area contributed by atoms with Crippen LogP contribution in [0.1, 0.15) is 19.4 Å². The van der Waals surface area contributed by atoms with Gasteiger partial charge in [0.15, 0.2) is 0 Å². The fourth-order valence-electron chi connectivity index (χ4n) is 3.13. The van der Waals surface area contributed by atoms with E-state index in [4.69, 9.17) is 0 Å². The lowest BCUT2D eigenvalue weighted by atomic mass is 10.1. The fraction of sp³-hybridized carbons (Fsp3) is 0.217. The number of anilines is 2. The molecule has 0 spiro atoms. The predicted molar refractivity (Wildman–Crippen MR) is 118 cm³/mol. The third-order valence-electron chi connectivity index (χ3n) is 4.65. The first-order chi connectivity index (χ1) is 13.7. The molecule has 0 aromatic heterocycles.